The first-order valence-corrected chi connectivity index (χ1v) is 6.44. The molecule has 3 unspecified atom stereocenters. The fourth-order valence-corrected chi connectivity index (χ4v) is 3.15. The predicted molar refractivity (Wildman–Crippen MR) is 65.2 cm³/mol. The number of hydrogen-bond acceptors (Lipinski definition) is 3. The smallest absolute Gasteiger partial charge is 0.411 e. The van der Waals surface area contributed by atoms with Gasteiger partial charge in [-0.2, -0.15) is 0 Å². The summed E-state index contributed by atoms with van der Waals surface area (Å²) >= 11 is 0. The maximum Gasteiger partial charge on any atom is 0.411 e. The van der Waals surface area contributed by atoms with Crippen LogP contribution < -0.4 is 0 Å². The molecule has 0 radical (unpaired) electrons. The number of likely N-dealkylation sites (tertiary alicyclic amines) is 1. The molecule has 2 aliphatic rings. The third-order valence-electron chi connectivity index (χ3n) is 3.91. The molecule has 0 bridgehead atoms. The molecule has 0 aromatic heterocycles. The van der Waals surface area contributed by atoms with E-state index < -0.39 is 18.1 Å². The van der Waals surface area contributed by atoms with Crippen molar-refractivity contribution in [2.75, 3.05) is 6.61 Å². The van der Waals surface area contributed by atoms with Gasteiger partial charge in [0, 0.05) is 6.04 Å². The van der Waals surface area contributed by atoms with Crippen molar-refractivity contribution in [2.45, 2.75) is 44.2 Å². The quantitative estimate of drug-likeness (QED) is 0.781. The van der Waals surface area contributed by atoms with Crippen LogP contribution in [-0.2, 0) is 9.53 Å². The van der Waals surface area contributed by atoms with Gasteiger partial charge in [0.1, 0.15) is 12.6 Å². The van der Waals surface area contributed by atoms with Gasteiger partial charge < -0.3 is 9.84 Å². The zero-order chi connectivity index (χ0) is 13.1. The maximum atomic E-state index is 12.0. The highest BCUT2D eigenvalue weighted by atomic mass is 16.6. The Morgan fingerprint density at radius 2 is 2.11 bits per heavy atom. The average molecular weight is 253 g/mol. The van der Waals surface area contributed by atoms with Crippen LogP contribution in [0.25, 0.3) is 0 Å². The van der Waals surface area contributed by atoms with Gasteiger partial charge in [-0.1, -0.05) is 25.5 Å². The highest BCUT2D eigenvalue weighted by Crippen LogP contribution is 2.40. The van der Waals surface area contributed by atoms with E-state index in [1.807, 2.05) is 0 Å². The molecule has 100 valence electrons. The molecule has 18 heavy (non-hydrogen) atoms. The van der Waals surface area contributed by atoms with E-state index in [9.17, 15) is 14.7 Å². The van der Waals surface area contributed by atoms with E-state index in [1.165, 1.54) is 11.0 Å². The van der Waals surface area contributed by atoms with E-state index in [0.717, 1.165) is 25.7 Å². The average Bonchev–Trinajstić information content (AvgIpc) is 2.75. The minimum atomic E-state index is -0.931. The molecule has 1 saturated carbocycles. The first-order chi connectivity index (χ1) is 8.65. The summed E-state index contributed by atoms with van der Waals surface area (Å²) in [6.07, 6.45) is 5.61. The van der Waals surface area contributed by atoms with Crippen LogP contribution >= 0.6 is 0 Å². The number of amides is 1. The van der Waals surface area contributed by atoms with E-state index in [2.05, 4.69) is 6.58 Å². The van der Waals surface area contributed by atoms with Gasteiger partial charge in [0.15, 0.2) is 0 Å². The van der Waals surface area contributed by atoms with Crippen molar-refractivity contribution in [1.82, 2.24) is 4.90 Å². The Bertz CT molecular complexity index is 355. The SMILES string of the molecule is C=CCOC(=O)N1C(C(=O)O)CC2CCCCC21. The Kier molecular flexibility index (Phi) is 3.89. The molecule has 5 nitrogen and oxygen atoms in total. The number of carbonyl (C=O) groups is 2. The molecule has 1 aliphatic carbocycles. The van der Waals surface area contributed by atoms with Gasteiger partial charge in [0.2, 0.25) is 0 Å². The number of hydrogen-bond donors (Lipinski definition) is 1. The van der Waals surface area contributed by atoms with E-state index >= 15 is 0 Å². The normalized spacial score (nSPS) is 30.7. The van der Waals surface area contributed by atoms with Crippen molar-refractivity contribution in [3.05, 3.63) is 12.7 Å². The lowest BCUT2D eigenvalue weighted by molar-refractivity contribution is -0.142. The zero-order valence-corrected chi connectivity index (χ0v) is 10.4. The largest absolute Gasteiger partial charge is 0.480 e. The fraction of sp³-hybridized carbons (Fsp3) is 0.692. The molecular formula is C13H19NO4. The van der Waals surface area contributed by atoms with Gasteiger partial charge in [0.25, 0.3) is 0 Å². The summed E-state index contributed by atoms with van der Waals surface area (Å²) in [5.74, 6) is -0.615. The second-order valence-electron chi connectivity index (χ2n) is 4.97. The van der Waals surface area contributed by atoms with Crippen molar-refractivity contribution in [2.24, 2.45) is 5.92 Å². The molecular weight excluding hydrogens is 234 g/mol. The Morgan fingerprint density at radius 1 is 1.39 bits per heavy atom. The molecule has 1 amide bonds. The number of carbonyl (C=O) groups excluding carboxylic acids is 1. The summed E-state index contributed by atoms with van der Waals surface area (Å²) in [6, 6.07) is -0.687. The van der Waals surface area contributed by atoms with Gasteiger partial charge in [-0.3, -0.25) is 4.90 Å². The molecule has 1 saturated heterocycles. The van der Waals surface area contributed by atoms with Crippen molar-refractivity contribution in [3.8, 4) is 0 Å². The summed E-state index contributed by atoms with van der Waals surface area (Å²) in [5, 5.41) is 9.24. The van der Waals surface area contributed by atoms with Crippen LogP contribution in [0, 0.1) is 5.92 Å². The van der Waals surface area contributed by atoms with E-state index in [-0.39, 0.29) is 12.6 Å². The second-order valence-corrected chi connectivity index (χ2v) is 4.97. The third-order valence-corrected chi connectivity index (χ3v) is 3.91. The highest BCUT2D eigenvalue weighted by molar-refractivity contribution is 5.81. The number of rotatable bonds is 3. The van der Waals surface area contributed by atoms with Gasteiger partial charge in [-0.05, 0) is 25.2 Å². The molecule has 1 aliphatic heterocycles. The van der Waals surface area contributed by atoms with Crippen molar-refractivity contribution in [3.63, 3.8) is 0 Å². The highest BCUT2D eigenvalue weighted by Gasteiger charge is 2.48. The van der Waals surface area contributed by atoms with Crippen LogP contribution in [0.3, 0.4) is 0 Å². The van der Waals surface area contributed by atoms with E-state index in [4.69, 9.17) is 4.74 Å². The van der Waals surface area contributed by atoms with Crippen molar-refractivity contribution >= 4 is 12.1 Å². The molecule has 1 N–H and O–H groups in total. The van der Waals surface area contributed by atoms with Crippen LogP contribution in [0.4, 0.5) is 4.79 Å². The molecule has 1 heterocycles. The number of ether oxygens (including phenoxy) is 1. The minimum Gasteiger partial charge on any atom is -0.480 e. The Labute approximate surface area is 106 Å². The van der Waals surface area contributed by atoms with Crippen LogP contribution in [0.2, 0.25) is 0 Å². The lowest BCUT2D eigenvalue weighted by Crippen LogP contribution is -2.46. The molecule has 3 atom stereocenters. The fourth-order valence-electron chi connectivity index (χ4n) is 3.15. The molecule has 0 aromatic carbocycles. The monoisotopic (exact) mass is 253 g/mol. The Morgan fingerprint density at radius 3 is 2.78 bits per heavy atom. The van der Waals surface area contributed by atoms with Crippen molar-refractivity contribution < 1.29 is 19.4 Å². The van der Waals surface area contributed by atoms with Gasteiger partial charge >= 0.3 is 12.1 Å². The van der Waals surface area contributed by atoms with Crippen molar-refractivity contribution in [1.29, 1.82) is 0 Å². The topological polar surface area (TPSA) is 66.8 Å². The van der Waals surface area contributed by atoms with Gasteiger partial charge in [0.05, 0.1) is 0 Å². The molecule has 0 aromatic rings. The molecule has 2 rings (SSSR count). The summed E-state index contributed by atoms with van der Waals surface area (Å²) in [7, 11) is 0. The summed E-state index contributed by atoms with van der Waals surface area (Å²) in [5.41, 5.74) is 0. The number of carboxylic acid groups (broad SMARTS) is 1. The molecule has 5 heteroatoms. The van der Waals surface area contributed by atoms with Crippen LogP contribution in [0.5, 0.6) is 0 Å². The molecule has 2 fully saturated rings. The Hall–Kier alpha value is -1.52. The van der Waals surface area contributed by atoms with Crippen LogP contribution in [0.1, 0.15) is 32.1 Å². The van der Waals surface area contributed by atoms with E-state index in [1.54, 1.807) is 0 Å². The molecule has 0 spiro atoms. The van der Waals surface area contributed by atoms with Crippen LogP contribution in [-0.4, -0.2) is 40.8 Å². The zero-order valence-electron chi connectivity index (χ0n) is 10.4. The first-order valence-electron chi connectivity index (χ1n) is 6.44. The maximum absolute atomic E-state index is 12.0. The number of nitrogens with zero attached hydrogens (tertiary/aromatic N) is 1. The summed E-state index contributed by atoms with van der Waals surface area (Å²) in [4.78, 5) is 24.7. The number of carboxylic acids is 1. The number of aliphatic carboxylic acids is 1. The lowest BCUT2D eigenvalue weighted by Gasteiger charge is -2.32. The third kappa shape index (κ3) is 2.35. The standard InChI is InChI=1S/C13H19NO4/c1-2-7-18-13(17)14-10-6-4-3-5-9(10)8-11(14)12(15)16/h2,9-11H,1,3-8H2,(H,15,16). The number of fused-ring (bicyclic) bond motifs is 1. The summed E-state index contributed by atoms with van der Waals surface area (Å²) < 4.78 is 5.01. The first kappa shape index (κ1) is 12.9. The van der Waals surface area contributed by atoms with Crippen LogP contribution in [0.15, 0.2) is 12.7 Å². The second kappa shape index (κ2) is 5.42. The lowest BCUT2D eigenvalue weighted by atomic mass is 9.85. The Balaban J connectivity index is 2.13. The summed E-state index contributed by atoms with van der Waals surface area (Å²) in [6.45, 7) is 3.61. The van der Waals surface area contributed by atoms with Gasteiger partial charge in [-0.25, -0.2) is 9.59 Å². The minimum absolute atomic E-state index is 0.0390. The van der Waals surface area contributed by atoms with Gasteiger partial charge in [-0.15, -0.1) is 0 Å². The predicted octanol–water partition coefficient (Wildman–Crippen LogP) is 2.03. The van der Waals surface area contributed by atoms with E-state index in [0.29, 0.717) is 12.3 Å².